The Morgan fingerprint density at radius 1 is 1.46 bits per heavy atom. The Morgan fingerprint density at radius 3 is 2.92 bits per heavy atom. The highest BCUT2D eigenvalue weighted by Crippen LogP contribution is 2.27. The summed E-state index contributed by atoms with van der Waals surface area (Å²) in [4.78, 5) is 0. The van der Waals surface area contributed by atoms with Crippen LogP contribution in [0.2, 0.25) is 5.02 Å². The van der Waals surface area contributed by atoms with Crippen molar-refractivity contribution in [1.29, 1.82) is 0 Å². The molecule has 0 atom stereocenters. The predicted octanol–water partition coefficient (Wildman–Crippen LogP) is 2.72. The summed E-state index contributed by atoms with van der Waals surface area (Å²) in [5.74, 6) is -0.255. The maximum absolute atomic E-state index is 13.2. The third-order valence-corrected chi connectivity index (χ3v) is 2.08. The molecule has 0 unspecified atom stereocenters. The summed E-state index contributed by atoms with van der Waals surface area (Å²) in [6.45, 7) is -0.244. The van der Waals surface area contributed by atoms with E-state index in [2.05, 4.69) is 0 Å². The Hall–Kier alpha value is -1.06. The highest BCUT2D eigenvalue weighted by molar-refractivity contribution is 6.31. The predicted molar refractivity (Wildman–Crippen MR) is 47.1 cm³/mol. The van der Waals surface area contributed by atoms with Crippen molar-refractivity contribution < 1.29 is 13.9 Å². The third-order valence-electron chi connectivity index (χ3n) is 1.79. The van der Waals surface area contributed by atoms with Crippen molar-refractivity contribution >= 4 is 22.6 Å². The van der Waals surface area contributed by atoms with Crippen LogP contribution in [0, 0.1) is 5.82 Å². The van der Waals surface area contributed by atoms with E-state index in [1.165, 1.54) is 6.07 Å². The zero-order valence-electron chi connectivity index (χ0n) is 6.55. The van der Waals surface area contributed by atoms with E-state index in [0.717, 1.165) is 0 Å². The molecule has 0 radical (unpaired) electrons. The van der Waals surface area contributed by atoms with Crippen LogP contribution in [0.1, 0.15) is 5.76 Å². The molecule has 0 bridgehead atoms. The Kier molecular flexibility index (Phi) is 1.98. The zero-order valence-corrected chi connectivity index (χ0v) is 7.31. The minimum absolute atomic E-state index is 0.0198. The van der Waals surface area contributed by atoms with E-state index >= 15 is 0 Å². The maximum atomic E-state index is 13.2. The van der Waals surface area contributed by atoms with Gasteiger partial charge in [-0.2, -0.15) is 0 Å². The SMILES string of the molecule is OCc1cc2ccc(Cl)c(F)c2o1. The molecular formula is C9H6ClFO2. The first-order valence-corrected chi connectivity index (χ1v) is 4.07. The number of halogens is 2. The molecule has 0 aliphatic heterocycles. The van der Waals surface area contributed by atoms with Gasteiger partial charge in [-0.15, -0.1) is 0 Å². The first-order valence-electron chi connectivity index (χ1n) is 3.69. The Bertz CT molecular complexity index is 450. The van der Waals surface area contributed by atoms with E-state index in [-0.39, 0.29) is 17.2 Å². The van der Waals surface area contributed by atoms with Crippen molar-refractivity contribution in [2.75, 3.05) is 0 Å². The molecule has 0 fully saturated rings. The lowest BCUT2D eigenvalue weighted by molar-refractivity contribution is 0.250. The lowest BCUT2D eigenvalue weighted by Gasteiger charge is -1.92. The van der Waals surface area contributed by atoms with Gasteiger partial charge in [-0.25, -0.2) is 4.39 Å². The summed E-state index contributed by atoms with van der Waals surface area (Å²) in [7, 11) is 0. The van der Waals surface area contributed by atoms with Crippen molar-refractivity contribution in [3.8, 4) is 0 Å². The summed E-state index contributed by atoms with van der Waals surface area (Å²) in [6.07, 6.45) is 0. The van der Waals surface area contributed by atoms with Crippen molar-refractivity contribution in [3.05, 3.63) is 34.8 Å². The van der Waals surface area contributed by atoms with E-state index in [1.807, 2.05) is 0 Å². The largest absolute Gasteiger partial charge is 0.455 e. The Morgan fingerprint density at radius 2 is 2.23 bits per heavy atom. The molecule has 0 saturated heterocycles. The van der Waals surface area contributed by atoms with Gasteiger partial charge in [-0.05, 0) is 18.2 Å². The molecule has 0 aliphatic rings. The summed E-state index contributed by atoms with van der Waals surface area (Å²) >= 11 is 5.54. The van der Waals surface area contributed by atoms with Crippen LogP contribution in [-0.2, 0) is 6.61 Å². The molecule has 13 heavy (non-hydrogen) atoms. The second kappa shape index (κ2) is 3.01. The van der Waals surface area contributed by atoms with Gasteiger partial charge < -0.3 is 9.52 Å². The van der Waals surface area contributed by atoms with Crippen molar-refractivity contribution in [3.63, 3.8) is 0 Å². The second-order valence-corrected chi connectivity index (χ2v) is 3.06. The van der Waals surface area contributed by atoms with E-state index in [4.69, 9.17) is 21.1 Å². The van der Waals surface area contributed by atoms with Gasteiger partial charge in [0.2, 0.25) is 0 Å². The quantitative estimate of drug-likeness (QED) is 0.768. The molecule has 1 heterocycles. The van der Waals surface area contributed by atoms with Crippen molar-refractivity contribution in [2.24, 2.45) is 0 Å². The molecule has 2 nitrogen and oxygen atoms in total. The molecule has 1 N–H and O–H groups in total. The van der Waals surface area contributed by atoms with E-state index in [1.54, 1.807) is 12.1 Å². The average molecular weight is 201 g/mol. The highest BCUT2D eigenvalue weighted by Gasteiger charge is 2.10. The standard InChI is InChI=1S/C9H6ClFO2/c10-7-2-1-5-3-6(4-12)13-9(5)8(7)11/h1-3,12H,4H2. The number of rotatable bonds is 1. The van der Waals surface area contributed by atoms with E-state index in [0.29, 0.717) is 11.1 Å². The average Bonchev–Trinajstić information content (AvgIpc) is 2.55. The van der Waals surface area contributed by atoms with Gasteiger partial charge in [-0.3, -0.25) is 0 Å². The fourth-order valence-electron chi connectivity index (χ4n) is 1.18. The molecule has 2 aromatic rings. The summed E-state index contributed by atoms with van der Waals surface area (Å²) in [6, 6.07) is 4.67. The number of aliphatic hydroxyl groups excluding tert-OH is 1. The number of benzene rings is 1. The van der Waals surface area contributed by atoms with Crippen LogP contribution in [0.3, 0.4) is 0 Å². The molecule has 0 aliphatic carbocycles. The van der Waals surface area contributed by atoms with Gasteiger partial charge in [0.25, 0.3) is 0 Å². The number of hydrogen-bond donors (Lipinski definition) is 1. The normalized spacial score (nSPS) is 11.0. The number of furan rings is 1. The van der Waals surface area contributed by atoms with Crippen LogP contribution >= 0.6 is 11.6 Å². The maximum Gasteiger partial charge on any atom is 0.184 e. The second-order valence-electron chi connectivity index (χ2n) is 2.65. The molecule has 0 spiro atoms. The van der Waals surface area contributed by atoms with Gasteiger partial charge >= 0.3 is 0 Å². The minimum atomic E-state index is -0.584. The molecule has 0 amide bonds. The molecule has 0 saturated carbocycles. The van der Waals surface area contributed by atoms with Crippen LogP contribution in [0.25, 0.3) is 11.0 Å². The topological polar surface area (TPSA) is 33.4 Å². The molecular weight excluding hydrogens is 195 g/mol. The summed E-state index contributed by atoms with van der Waals surface area (Å²) < 4.78 is 18.3. The number of aliphatic hydroxyl groups is 1. The molecule has 1 aromatic heterocycles. The van der Waals surface area contributed by atoms with E-state index in [9.17, 15) is 4.39 Å². The van der Waals surface area contributed by atoms with Crippen LogP contribution in [0.4, 0.5) is 4.39 Å². The van der Waals surface area contributed by atoms with Crippen molar-refractivity contribution in [2.45, 2.75) is 6.61 Å². The molecule has 2 rings (SSSR count). The molecule has 68 valence electrons. The van der Waals surface area contributed by atoms with Gasteiger partial charge in [0.15, 0.2) is 11.4 Å². The minimum Gasteiger partial charge on any atom is -0.455 e. The first kappa shape index (κ1) is 8.53. The number of fused-ring (bicyclic) bond motifs is 1. The summed E-state index contributed by atoms with van der Waals surface area (Å²) in [5.41, 5.74) is 0.0940. The lowest BCUT2D eigenvalue weighted by atomic mass is 10.2. The van der Waals surface area contributed by atoms with E-state index < -0.39 is 5.82 Å². The monoisotopic (exact) mass is 200 g/mol. The fourth-order valence-corrected chi connectivity index (χ4v) is 1.33. The number of hydrogen-bond acceptors (Lipinski definition) is 2. The fraction of sp³-hybridized carbons (Fsp3) is 0.111. The van der Waals surface area contributed by atoms with Gasteiger partial charge in [0, 0.05) is 5.39 Å². The smallest absolute Gasteiger partial charge is 0.184 e. The zero-order chi connectivity index (χ0) is 9.42. The van der Waals surface area contributed by atoms with Crippen molar-refractivity contribution in [1.82, 2.24) is 0 Å². The lowest BCUT2D eigenvalue weighted by Crippen LogP contribution is -1.76. The Labute approximate surface area is 78.5 Å². The van der Waals surface area contributed by atoms with Crippen LogP contribution in [0.15, 0.2) is 22.6 Å². The third kappa shape index (κ3) is 1.30. The molecule has 4 heteroatoms. The summed E-state index contributed by atoms with van der Waals surface area (Å²) in [5, 5.41) is 9.37. The molecule has 1 aromatic carbocycles. The first-order chi connectivity index (χ1) is 6.22. The van der Waals surface area contributed by atoms with Gasteiger partial charge in [0.05, 0.1) is 5.02 Å². The van der Waals surface area contributed by atoms with Gasteiger partial charge in [0.1, 0.15) is 12.4 Å². The van der Waals surface area contributed by atoms with Gasteiger partial charge in [-0.1, -0.05) is 11.6 Å². The highest BCUT2D eigenvalue weighted by atomic mass is 35.5. The van der Waals surface area contributed by atoms with Crippen LogP contribution in [0.5, 0.6) is 0 Å². The van der Waals surface area contributed by atoms with Crippen LogP contribution in [-0.4, -0.2) is 5.11 Å². The Balaban J connectivity index is 2.76. The van der Waals surface area contributed by atoms with Crippen LogP contribution < -0.4 is 0 Å².